The lowest BCUT2D eigenvalue weighted by Gasteiger charge is -2.08. The van der Waals surface area contributed by atoms with Gasteiger partial charge in [-0.15, -0.1) is 0 Å². The molecule has 0 aliphatic heterocycles. The van der Waals surface area contributed by atoms with E-state index < -0.39 is 0 Å². The Morgan fingerprint density at radius 3 is 2.90 bits per heavy atom. The number of nitrogens with zero attached hydrogens (tertiary/aromatic N) is 1. The van der Waals surface area contributed by atoms with Crippen LogP contribution in [0.3, 0.4) is 0 Å². The van der Waals surface area contributed by atoms with Crippen molar-refractivity contribution < 1.29 is 0 Å². The van der Waals surface area contributed by atoms with Crippen LogP contribution in [0.5, 0.6) is 0 Å². The number of imidazole rings is 1. The van der Waals surface area contributed by atoms with E-state index in [0.29, 0.717) is 6.04 Å². The van der Waals surface area contributed by atoms with Gasteiger partial charge >= 0.3 is 0 Å². The zero-order valence-electron chi connectivity index (χ0n) is 6.29. The third-order valence-electron chi connectivity index (χ3n) is 1.74. The van der Waals surface area contributed by atoms with Crippen LogP contribution in [0.15, 0.2) is 12.4 Å². The Bertz CT molecular complexity index is 248. The Morgan fingerprint density at radius 2 is 2.50 bits per heavy atom. The average Bonchev–Trinajstić information content (AvgIpc) is 2.34. The van der Waals surface area contributed by atoms with Gasteiger partial charge < -0.3 is 9.55 Å². The van der Waals surface area contributed by atoms with Crippen LogP contribution in [-0.2, 0) is 0 Å². The molecule has 1 aromatic heterocycles. The van der Waals surface area contributed by atoms with E-state index in [1.165, 1.54) is 0 Å². The first kappa shape index (κ1) is 7.54. The fourth-order valence-corrected chi connectivity index (χ4v) is 1.18. The van der Waals surface area contributed by atoms with Crippen LogP contribution in [0, 0.1) is 4.77 Å². The van der Waals surface area contributed by atoms with Gasteiger partial charge in [-0.3, -0.25) is 0 Å². The van der Waals surface area contributed by atoms with Crippen LogP contribution >= 0.6 is 12.2 Å². The zero-order chi connectivity index (χ0) is 7.56. The fraction of sp³-hybridized carbons (Fsp3) is 0.571. The summed E-state index contributed by atoms with van der Waals surface area (Å²) in [5.41, 5.74) is 0. The van der Waals surface area contributed by atoms with Crippen molar-refractivity contribution in [1.82, 2.24) is 9.55 Å². The first-order valence-electron chi connectivity index (χ1n) is 3.51. The molecule has 1 atom stereocenters. The van der Waals surface area contributed by atoms with E-state index in [4.69, 9.17) is 12.2 Å². The number of hydrogen-bond acceptors (Lipinski definition) is 1. The van der Waals surface area contributed by atoms with E-state index in [2.05, 4.69) is 23.4 Å². The Kier molecular flexibility index (Phi) is 2.27. The molecule has 1 aromatic rings. The summed E-state index contributed by atoms with van der Waals surface area (Å²) in [5, 5.41) is 0. The van der Waals surface area contributed by atoms with Crippen molar-refractivity contribution >= 4 is 12.2 Å². The molecule has 56 valence electrons. The molecule has 0 fully saturated rings. The van der Waals surface area contributed by atoms with Crippen LogP contribution in [0.4, 0.5) is 0 Å². The van der Waals surface area contributed by atoms with Gasteiger partial charge in [0.1, 0.15) is 0 Å². The van der Waals surface area contributed by atoms with Crippen LogP contribution in [0.25, 0.3) is 0 Å². The molecular formula is C7H12N2S. The maximum atomic E-state index is 5.04. The van der Waals surface area contributed by atoms with Gasteiger partial charge in [-0.1, -0.05) is 6.92 Å². The van der Waals surface area contributed by atoms with E-state index in [1.807, 2.05) is 12.4 Å². The minimum absolute atomic E-state index is 0.513. The van der Waals surface area contributed by atoms with Crippen molar-refractivity contribution in [1.29, 1.82) is 0 Å². The van der Waals surface area contributed by atoms with Gasteiger partial charge in [0.25, 0.3) is 0 Å². The van der Waals surface area contributed by atoms with E-state index in [0.717, 1.165) is 11.2 Å². The Morgan fingerprint density at radius 1 is 1.80 bits per heavy atom. The average molecular weight is 156 g/mol. The molecule has 0 aromatic carbocycles. The highest BCUT2D eigenvalue weighted by Crippen LogP contribution is 2.08. The molecule has 3 heteroatoms. The molecule has 2 nitrogen and oxygen atoms in total. The second kappa shape index (κ2) is 3.01. The minimum Gasteiger partial charge on any atom is -0.337 e. The molecule has 0 saturated heterocycles. The van der Waals surface area contributed by atoms with Gasteiger partial charge in [0.15, 0.2) is 4.77 Å². The van der Waals surface area contributed by atoms with Crippen molar-refractivity contribution in [2.24, 2.45) is 0 Å². The van der Waals surface area contributed by atoms with Crippen LogP contribution < -0.4 is 0 Å². The quantitative estimate of drug-likeness (QED) is 0.652. The third kappa shape index (κ3) is 1.29. The predicted octanol–water partition coefficient (Wildman–Crippen LogP) is 2.52. The van der Waals surface area contributed by atoms with Crippen molar-refractivity contribution in [3.05, 3.63) is 17.2 Å². The van der Waals surface area contributed by atoms with Crippen molar-refractivity contribution in [2.45, 2.75) is 26.3 Å². The normalized spacial score (nSPS) is 13.4. The maximum absolute atomic E-state index is 5.04. The van der Waals surface area contributed by atoms with Crippen molar-refractivity contribution in [3.8, 4) is 0 Å². The lowest BCUT2D eigenvalue weighted by molar-refractivity contribution is 0.525. The summed E-state index contributed by atoms with van der Waals surface area (Å²) in [7, 11) is 0. The molecule has 1 N–H and O–H groups in total. The number of rotatable bonds is 2. The third-order valence-corrected chi connectivity index (χ3v) is 2.07. The molecule has 1 heterocycles. The molecule has 0 amide bonds. The summed E-state index contributed by atoms with van der Waals surface area (Å²) < 4.78 is 2.88. The molecule has 0 spiro atoms. The van der Waals surface area contributed by atoms with Gasteiger partial charge in [-0.05, 0) is 25.6 Å². The zero-order valence-corrected chi connectivity index (χ0v) is 7.11. The molecular weight excluding hydrogens is 144 g/mol. The van der Waals surface area contributed by atoms with Gasteiger partial charge in [-0.25, -0.2) is 0 Å². The number of aromatic nitrogens is 2. The summed E-state index contributed by atoms with van der Waals surface area (Å²) in [6.45, 7) is 4.31. The number of H-pyrrole nitrogens is 1. The number of aromatic amines is 1. The van der Waals surface area contributed by atoms with Crippen LogP contribution in [-0.4, -0.2) is 9.55 Å². The standard InChI is InChI=1S/C7H12N2S/c1-3-6(2)9-5-4-8-7(9)10/h4-6H,3H2,1-2H3,(H,8,10)/t6-/m0/s1. The molecule has 0 unspecified atom stereocenters. The SMILES string of the molecule is CC[C@H](C)n1cc[nH]c1=S. The lowest BCUT2D eigenvalue weighted by atomic mass is 10.3. The van der Waals surface area contributed by atoms with Crippen molar-refractivity contribution in [3.63, 3.8) is 0 Å². The largest absolute Gasteiger partial charge is 0.337 e. The van der Waals surface area contributed by atoms with Crippen LogP contribution in [0.1, 0.15) is 26.3 Å². The van der Waals surface area contributed by atoms with Crippen molar-refractivity contribution in [2.75, 3.05) is 0 Å². The van der Waals surface area contributed by atoms with Gasteiger partial charge in [0.05, 0.1) is 0 Å². The summed E-state index contributed by atoms with van der Waals surface area (Å²) in [4.78, 5) is 2.96. The Balaban J connectivity index is 2.93. The van der Waals surface area contributed by atoms with Gasteiger partial charge in [0.2, 0.25) is 0 Å². The predicted molar refractivity (Wildman–Crippen MR) is 44.6 cm³/mol. The fourth-order valence-electron chi connectivity index (χ4n) is 0.875. The Labute approximate surface area is 65.9 Å². The number of hydrogen-bond donors (Lipinski definition) is 1. The molecule has 0 aliphatic carbocycles. The summed E-state index contributed by atoms with van der Waals surface area (Å²) >= 11 is 5.04. The van der Waals surface area contributed by atoms with E-state index in [1.54, 1.807) is 0 Å². The molecule has 0 radical (unpaired) electrons. The van der Waals surface area contributed by atoms with E-state index in [-0.39, 0.29) is 0 Å². The molecule has 1 rings (SSSR count). The molecule has 0 aliphatic rings. The smallest absolute Gasteiger partial charge is 0.177 e. The maximum Gasteiger partial charge on any atom is 0.177 e. The summed E-state index contributed by atoms with van der Waals surface area (Å²) in [6.07, 6.45) is 4.97. The molecule has 10 heavy (non-hydrogen) atoms. The summed E-state index contributed by atoms with van der Waals surface area (Å²) in [5.74, 6) is 0. The topological polar surface area (TPSA) is 20.7 Å². The second-order valence-electron chi connectivity index (χ2n) is 2.43. The number of nitrogens with one attached hydrogen (secondary N) is 1. The minimum atomic E-state index is 0.513. The lowest BCUT2D eigenvalue weighted by Crippen LogP contribution is -2.01. The second-order valence-corrected chi connectivity index (χ2v) is 2.82. The highest BCUT2D eigenvalue weighted by molar-refractivity contribution is 7.71. The highest BCUT2D eigenvalue weighted by atomic mass is 32.1. The van der Waals surface area contributed by atoms with Crippen LogP contribution in [0.2, 0.25) is 0 Å². The van der Waals surface area contributed by atoms with E-state index in [9.17, 15) is 0 Å². The monoisotopic (exact) mass is 156 g/mol. The molecule has 0 saturated carbocycles. The molecule has 0 bridgehead atoms. The van der Waals surface area contributed by atoms with Gasteiger partial charge in [0, 0.05) is 18.4 Å². The first-order chi connectivity index (χ1) is 4.75. The summed E-state index contributed by atoms with van der Waals surface area (Å²) in [6, 6.07) is 0.513. The Hall–Kier alpha value is -0.570. The highest BCUT2D eigenvalue weighted by Gasteiger charge is 1.99. The van der Waals surface area contributed by atoms with E-state index >= 15 is 0 Å². The van der Waals surface area contributed by atoms with Gasteiger partial charge in [-0.2, -0.15) is 0 Å². The first-order valence-corrected chi connectivity index (χ1v) is 3.92.